The maximum Gasteiger partial charge on any atom is 0.341 e. The standard InChI is InChI=1S/C33H41N5O4/c1-20-7-12-27-32(2,14-13-28(40)33(27,3)19-39)25(20)18-26(38-29-6-4-5-15-36-29)24-17-23(42-30(24)41)16-21-8-10-22(11-9-21)37-31(34)35/h4-6,8-11,15-17,25-28,39-40H,1,7,12-14,18-19H2,2-3H3,(H,36,38)(H4,34,35,37)/b23-16+/t25?,26?,27?,28-,32-,33+/m1/s1. The molecule has 2 fully saturated rings. The average Bonchev–Trinajstić information content (AvgIpc) is 3.33. The van der Waals surface area contributed by atoms with Gasteiger partial charge in [0, 0.05) is 11.6 Å². The van der Waals surface area contributed by atoms with Crippen molar-refractivity contribution in [1.29, 1.82) is 0 Å². The van der Waals surface area contributed by atoms with E-state index in [0.717, 1.165) is 30.4 Å². The van der Waals surface area contributed by atoms with Crippen LogP contribution in [0.5, 0.6) is 0 Å². The molecule has 0 spiro atoms. The highest BCUT2D eigenvalue weighted by molar-refractivity contribution is 5.95. The second kappa shape index (κ2) is 11.7. The zero-order valence-electron chi connectivity index (χ0n) is 24.3. The molecule has 6 atom stereocenters. The van der Waals surface area contributed by atoms with Crippen molar-refractivity contribution in [2.75, 3.05) is 11.9 Å². The number of carbonyl (C=O) groups is 1. The van der Waals surface area contributed by atoms with Crippen molar-refractivity contribution in [2.24, 2.45) is 39.1 Å². The van der Waals surface area contributed by atoms with E-state index in [0.29, 0.717) is 35.7 Å². The first-order chi connectivity index (χ1) is 20.0. The lowest BCUT2D eigenvalue weighted by molar-refractivity contribution is -0.152. The largest absolute Gasteiger partial charge is 0.423 e. The minimum atomic E-state index is -0.589. The van der Waals surface area contributed by atoms with Gasteiger partial charge in [-0.1, -0.05) is 44.2 Å². The van der Waals surface area contributed by atoms with E-state index < -0.39 is 23.5 Å². The van der Waals surface area contributed by atoms with Gasteiger partial charge in [-0.25, -0.2) is 14.8 Å². The van der Waals surface area contributed by atoms with Crippen molar-refractivity contribution in [1.82, 2.24) is 4.98 Å². The third-order valence-corrected chi connectivity index (χ3v) is 9.73. The van der Waals surface area contributed by atoms with Gasteiger partial charge in [0.05, 0.1) is 30.0 Å². The van der Waals surface area contributed by atoms with Gasteiger partial charge in [-0.05, 0) is 91.3 Å². The minimum absolute atomic E-state index is 0.0175. The van der Waals surface area contributed by atoms with Crippen LogP contribution in [0.3, 0.4) is 0 Å². The molecule has 0 amide bonds. The highest BCUT2D eigenvalue weighted by atomic mass is 16.5. The first-order valence-electron chi connectivity index (χ1n) is 14.5. The molecule has 1 aliphatic heterocycles. The number of aliphatic hydroxyl groups is 2. The molecular weight excluding hydrogens is 530 g/mol. The number of aliphatic imine (C=N–C) groups is 1. The molecule has 0 bridgehead atoms. The van der Waals surface area contributed by atoms with Crippen molar-refractivity contribution < 1.29 is 19.7 Å². The number of guanidine groups is 1. The van der Waals surface area contributed by atoms with Crippen LogP contribution in [0.4, 0.5) is 11.5 Å². The number of aromatic nitrogens is 1. The Balaban J connectivity index is 1.47. The Labute approximate surface area is 247 Å². The summed E-state index contributed by atoms with van der Waals surface area (Å²) in [5.41, 5.74) is 13.3. The number of hydrogen-bond acceptors (Lipinski definition) is 7. The number of esters is 1. The van der Waals surface area contributed by atoms with Crippen LogP contribution in [0.2, 0.25) is 0 Å². The average molecular weight is 572 g/mol. The quantitative estimate of drug-likeness (QED) is 0.135. The van der Waals surface area contributed by atoms with E-state index in [1.54, 1.807) is 30.5 Å². The Kier molecular flexibility index (Phi) is 8.25. The first kappa shape index (κ1) is 29.5. The molecule has 5 rings (SSSR count). The smallest absolute Gasteiger partial charge is 0.341 e. The number of aliphatic hydroxyl groups excluding tert-OH is 2. The molecule has 3 aliphatic rings. The van der Waals surface area contributed by atoms with Gasteiger partial charge in [-0.3, -0.25) is 0 Å². The molecule has 2 aromatic rings. The van der Waals surface area contributed by atoms with E-state index in [1.165, 1.54) is 0 Å². The summed E-state index contributed by atoms with van der Waals surface area (Å²) in [7, 11) is 0. The second-order valence-corrected chi connectivity index (χ2v) is 12.3. The number of nitrogens with two attached hydrogens (primary N) is 2. The van der Waals surface area contributed by atoms with Crippen LogP contribution in [0.25, 0.3) is 6.08 Å². The number of nitrogens with one attached hydrogen (secondary N) is 1. The van der Waals surface area contributed by atoms with E-state index in [4.69, 9.17) is 16.2 Å². The van der Waals surface area contributed by atoms with Gasteiger partial charge in [0.2, 0.25) is 0 Å². The fourth-order valence-corrected chi connectivity index (χ4v) is 7.44. The molecule has 9 heteroatoms. The number of nitrogens with zero attached hydrogens (tertiary/aromatic N) is 2. The molecule has 2 aliphatic carbocycles. The maximum atomic E-state index is 13.3. The molecule has 222 valence electrons. The summed E-state index contributed by atoms with van der Waals surface area (Å²) in [4.78, 5) is 21.8. The van der Waals surface area contributed by atoms with E-state index in [1.807, 2.05) is 37.3 Å². The summed E-state index contributed by atoms with van der Waals surface area (Å²) < 4.78 is 5.72. The van der Waals surface area contributed by atoms with Crippen LogP contribution in [-0.2, 0) is 9.53 Å². The predicted octanol–water partition coefficient (Wildman–Crippen LogP) is 4.42. The summed E-state index contributed by atoms with van der Waals surface area (Å²) in [6, 6.07) is 12.5. The third-order valence-electron chi connectivity index (χ3n) is 9.73. The van der Waals surface area contributed by atoms with Crippen molar-refractivity contribution in [3.63, 3.8) is 0 Å². The Morgan fingerprint density at radius 3 is 2.67 bits per heavy atom. The number of cyclic esters (lactones) is 1. The van der Waals surface area contributed by atoms with Crippen LogP contribution < -0.4 is 16.8 Å². The zero-order valence-corrected chi connectivity index (χ0v) is 24.3. The lowest BCUT2D eigenvalue weighted by Gasteiger charge is -2.60. The molecule has 2 saturated carbocycles. The predicted molar refractivity (Wildman–Crippen MR) is 164 cm³/mol. The van der Waals surface area contributed by atoms with Crippen molar-refractivity contribution in [3.05, 3.63) is 83.8 Å². The van der Waals surface area contributed by atoms with E-state index in [2.05, 4.69) is 28.8 Å². The van der Waals surface area contributed by atoms with Crippen molar-refractivity contribution in [3.8, 4) is 0 Å². The lowest BCUT2D eigenvalue weighted by atomic mass is 9.46. The summed E-state index contributed by atoms with van der Waals surface area (Å²) in [6.07, 6.45) is 8.47. The highest BCUT2D eigenvalue weighted by Gasteiger charge is 2.58. The lowest BCUT2D eigenvalue weighted by Crippen LogP contribution is -2.58. The van der Waals surface area contributed by atoms with Gasteiger partial charge in [-0.2, -0.15) is 0 Å². The molecule has 9 nitrogen and oxygen atoms in total. The Morgan fingerprint density at radius 2 is 2.00 bits per heavy atom. The fourth-order valence-electron chi connectivity index (χ4n) is 7.44. The van der Waals surface area contributed by atoms with Gasteiger partial charge in [0.25, 0.3) is 0 Å². The van der Waals surface area contributed by atoms with Crippen LogP contribution >= 0.6 is 0 Å². The fraction of sp³-hybridized carbons (Fsp3) is 0.424. The summed E-state index contributed by atoms with van der Waals surface area (Å²) in [5.74, 6) is 0.849. The topological polar surface area (TPSA) is 156 Å². The Hall–Kier alpha value is -3.95. The Morgan fingerprint density at radius 1 is 1.24 bits per heavy atom. The van der Waals surface area contributed by atoms with Gasteiger partial charge in [0.1, 0.15) is 11.6 Å². The molecule has 7 N–H and O–H groups in total. The second-order valence-electron chi connectivity index (χ2n) is 12.3. The number of carbonyl (C=O) groups excluding carboxylic acids is 1. The van der Waals surface area contributed by atoms with Gasteiger partial charge in [-0.15, -0.1) is 0 Å². The normalized spacial score (nSPS) is 30.7. The molecule has 0 radical (unpaired) electrons. The summed E-state index contributed by atoms with van der Waals surface area (Å²) >= 11 is 0. The number of anilines is 1. The SMILES string of the molecule is C=C1CCC2[C@](C)(CC[C@@H](O)[C@@]2(C)CO)C1CC(Nc1ccccn1)C1=C/C(=C\c2ccc(N=C(N)N)cc2)OC1=O. The van der Waals surface area contributed by atoms with E-state index in [-0.39, 0.29) is 29.8 Å². The zero-order chi connectivity index (χ0) is 30.1. The number of rotatable bonds is 8. The van der Waals surface area contributed by atoms with Crippen molar-refractivity contribution in [2.45, 2.75) is 58.1 Å². The summed E-state index contributed by atoms with van der Waals surface area (Å²) in [5, 5.41) is 24.8. The van der Waals surface area contributed by atoms with Crippen LogP contribution in [0.1, 0.15) is 51.5 Å². The maximum absolute atomic E-state index is 13.3. The number of fused-ring (bicyclic) bond motifs is 1. The first-order valence-corrected chi connectivity index (χ1v) is 14.5. The molecule has 0 saturated heterocycles. The number of ether oxygens (including phenoxy) is 1. The third kappa shape index (κ3) is 5.71. The molecule has 1 aromatic carbocycles. The van der Waals surface area contributed by atoms with Crippen LogP contribution in [0, 0.1) is 22.7 Å². The number of pyridine rings is 1. The van der Waals surface area contributed by atoms with Gasteiger partial charge in [0.15, 0.2) is 5.96 Å². The van der Waals surface area contributed by atoms with Gasteiger partial charge >= 0.3 is 5.97 Å². The Bertz CT molecular complexity index is 1420. The molecule has 3 unspecified atom stereocenters. The number of allylic oxidation sites excluding steroid dienone is 2. The minimum Gasteiger partial charge on any atom is -0.423 e. The molecule has 2 heterocycles. The number of hydrogen-bond donors (Lipinski definition) is 5. The molecule has 42 heavy (non-hydrogen) atoms. The number of benzene rings is 1. The monoisotopic (exact) mass is 571 g/mol. The highest BCUT2D eigenvalue weighted by Crippen LogP contribution is 2.62. The van der Waals surface area contributed by atoms with Gasteiger partial charge < -0.3 is 31.7 Å². The van der Waals surface area contributed by atoms with Crippen LogP contribution in [0.15, 0.2) is 83.2 Å². The van der Waals surface area contributed by atoms with Crippen LogP contribution in [-0.4, -0.2) is 45.9 Å². The van der Waals surface area contributed by atoms with Crippen molar-refractivity contribution >= 4 is 29.5 Å². The van der Waals surface area contributed by atoms with E-state index in [9.17, 15) is 15.0 Å². The van der Waals surface area contributed by atoms with E-state index >= 15 is 0 Å². The molecule has 1 aromatic heterocycles. The molecular formula is C33H41N5O4. The summed E-state index contributed by atoms with van der Waals surface area (Å²) in [6.45, 7) is 8.69.